The first-order valence-corrected chi connectivity index (χ1v) is 8.26. The average Bonchev–Trinajstić information content (AvgIpc) is 2.91. The van der Waals surface area contributed by atoms with Crippen molar-refractivity contribution in [2.45, 2.75) is 13.3 Å². The predicted octanol–water partition coefficient (Wildman–Crippen LogP) is 2.44. The summed E-state index contributed by atoms with van der Waals surface area (Å²) in [6, 6.07) is 15.6. The van der Waals surface area contributed by atoms with Gasteiger partial charge in [-0.25, -0.2) is 4.98 Å². The third kappa shape index (κ3) is 4.13. The van der Waals surface area contributed by atoms with Crippen LogP contribution in [0.4, 0.5) is 5.69 Å². The number of nitrogens with zero attached hydrogens (tertiary/aromatic N) is 2. The number of amides is 1. The number of thiocarbonyl (C=S) groups is 1. The molecular weight excluding hydrogens is 334 g/mol. The Balaban J connectivity index is 1.54. The number of benzene rings is 2. The molecule has 7 heteroatoms. The summed E-state index contributed by atoms with van der Waals surface area (Å²) in [5.41, 5.74) is 9.18. The third-order valence-electron chi connectivity index (χ3n) is 3.82. The Morgan fingerprint density at radius 1 is 1.12 bits per heavy atom. The van der Waals surface area contributed by atoms with Gasteiger partial charge < -0.3 is 9.88 Å². The molecule has 2 aromatic carbocycles. The van der Waals surface area contributed by atoms with Crippen molar-refractivity contribution in [1.29, 1.82) is 0 Å². The Bertz CT molecular complexity index is 917. The van der Waals surface area contributed by atoms with E-state index < -0.39 is 0 Å². The second-order valence-corrected chi connectivity index (χ2v) is 6.15. The van der Waals surface area contributed by atoms with Gasteiger partial charge in [-0.1, -0.05) is 29.8 Å². The molecule has 25 heavy (non-hydrogen) atoms. The van der Waals surface area contributed by atoms with Gasteiger partial charge in [0.05, 0.1) is 17.5 Å². The van der Waals surface area contributed by atoms with Crippen LogP contribution in [0.5, 0.6) is 0 Å². The van der Waals surface area contributed by atoms with E-state index in [4.69, 9.17) is 12.2 Å². The summed E-state index contributed by atoms with van der Waals surface area (Å²) in [6.45, 7) is 2.02. The number of carbonyl (C=O) groups is 1. The van der Waals surface area contributed by atoms with Crippen molar-refractivity contribution < 1.29 is 4.79 Å². The molecule has 128 valence electrons. The molecule has 0 saturated heterocycles. The fraction of sp³-hybridized carbons (Fsp3) is 0.167. The summed E-state index contributed by atoms with van der Waals surface area (Å²) in [4.78, 5) is 16.6. The minimum Gasteiger partial charge on any atom is -0.331 e. The van der Waals surface area contributed by atoms with Crippen molar-refractivity contribution in [3.63, 3.8) is 0 Å². The molecule has 0 radical (unpaired) electrons. The second-order valence-electron chi connectivity index (χ2n) is 5.75. The Labute approximate surface area is 151 Å². The average molecular weight is 353 g/mol. The van der Waals surface area contributed by atoms with Crippen LogP contribution in [0.1, 0.15) is 11.4 Å². The zero-order valence-corrected chi connectivity index (χ0v) is 14.9. The lowest BCUT2D eigenvalue weighted by molar-refractivity contribution is -0.121. The molecule has 0 aliphatic carbocycles. The number of hydrogen-bond acceptors (Lipinski definition) is 3. The van der Waals surface area contributed by atoms with Gasteiger partial charge in [0.15, 0.2) is 5.11 Å². The van der Waals surface area contributed by atoms with E-state index in [9.17, 15) is 4.79 Å². The molecule has 0 atom stereocenters. The van der Waals surface area contributed by atoms with Crippen molar-refractivity contribution in [3.8, 4) is 0 Å². The van der Waals surface area contributed by atoms with Crippen molar-refractivity contribution in [2.75, 3.05) is 5.32 Å². The standard InChI is InChI=1S/C18H19N5OS/c1-12-7-9-13(10-8-12)19-18(25)22-21-17(24)11-16-20-14-5-3-4-6-15(14)23(16)2/h3-10H,11H2,1-2H3,(H,21,24)(H2,19,22,25). The zero-order valence-electron chi connectivity index (χ0n) is 14.0. The number of aromatic nitrogens is 2. The second kappa shape index (κ2) is 7.31. The highest BCUT2D eigenvalue weighted by Gasteiger charge is 2.11. The van der Waals surface area contributed by atoms with Gasteiger partial charge in [-0.05, 0) is 43.4 Å². The third-order valence-corrected chi connectivity index (χ3v) is 4.03. The Hall–Kier alpha value is -2.93. The molecular formula is C18H19N5OS. The maximum atomic E-state index is 12.1. The fourth-order valence-electron chi connectivity index (χ4n) is 2.47. The zero-order chi connectivity index (χ0) is 17.8. The SMILES string of the molecule is Cc1ccc(NC(=S)NNC(=O)Cc2nc3ccccc3n2C)cc1. The van der Waals surface area contributed by atoms with Gasteiger partial charge >= 0.3 is 0 Å². The predicted molar refractivity (Wildman–Crippen MR) is 103 cm³/mol. The summed E-state index contributed by atoms with van der Waals surface area (Å²) >= 11 is 5.17. The molecule has 6 nitrogen and oxygen atoms in total. The number of fused-ring (bicyclic) bond motifs is 1. The molecule has 0 aliphatic heterocycles. The number of nitrogens with one attached hydrogen (secondary N) is 3. The van der Waals surface area contributed by atoms with Crippen LogP contribution in [0.3, 0.4) is 0 Å². The summed E-state index contributed by atoms with van der Waals surface area (Å²) in [5.74, 6) is 0.476. The van der Waals surface area contributed by atoms with E-state index in [2.05, 4.69) is 21.2 Å². The van der Waals surface area contributed by atoms with Gasteiger partial charge in [0.25, 0.3) is 0 Å². The number of para-hydroxylation sites is 2. The van der Waals surface area contributed by atoms with Gasteiger partial charge in [-0.3, -0.25) is 15.6 Å². The Kier molecular flexibility index (Phi) is 4.95. The Morgan fingerprint density at radius 3 is 2.56 bits per heavy atom. The first-order valence-electron chi connectivity index (χ1n) is 7.86. The van der Waals surface area contributed by atoms with Crippen LogP contribution in [-0.2, 0) is 18.3 Å². The van der Waals surface area contributed by atoms with Crippen molar-refractivity contribution in [3.05, 3.63) is 59.9 Å². The topological polar surface area (TPSA) is 71.0 Å². The van der Waals surface area contributed by atoms with Gasteiger partial charge in [0.1, 0.15) is 5.82 Å². The van der Waals surface area contributed by atoms with Crippen molar-refractivity contribution in [2.24, 2.45) is 7.05 Å². The summed E-state index contributed by atoms with van der Waals surface area (Å²) < 4.78 is 1.91. The lowest BCUT2D eigenvalue weighted by Gasteiger charge is -2.11. The lowest BCUT2D eigenvalue weighted by atomic mass is 10.2. The number of hydrazine groups is 1. The van der Waals surface area contributed by atoms with E-state index in [-0.39, 0.29) is 12.3 Å². The largest absolute Gasteiger partial charge is 0.331 e. The van der Waals surface area contributed by atoms with Gasteiger partial charge in [0, 0.05) is 12.7 Å². The molecule has 0 saturated carbocycles. The molecule has 0 fully saturated rings. The number of aryl methyl sites for hydroxylation is 2. The highest BCUT2D eigenvalue weighted by Crippen LogP contribution is 2.14. The van der Waals surface area contributed by atoms with Gasteiger partial charge in [-0.15, -0.1) is 0 Å². The highest BCUT2D eigenvalue weighted by atomic mass is 32.1. The van der Waals surface area contributed by atoms with Crippen molar-refractivity contribution in [1.82, 2.24) is 20.4 Å². The molecule has 0 bridgehead atoms. The molecule has 1 aromatic heterocycles. The number of carbonyl (C=O) groups excluding carboxylic acids is 1. The van der Waals surface area contributed by atoms with E-state index >= 15 is 0 Å². The van der Waals surface area contributed by atoms with Crippen molar-refractivity contribution >= 4 is 40.0 Å². The first kappa shape index (κ1) is 16.9. The van der Waals surface area contributed by atoms with E-state index in [1.165, 1.54) is 5.56 Å². The molecule has 0 spiro atoms. The van der Waals surface area contributed by atoms with Crippen LogP contribution < -0.4 is 16.2 Å². The quantitative estimate of drug-likeness (QED) is 0.498. The molecule has 0 aliphatic rings. The van der Waals surface area contributed by atoms with Gasteiger partial charge in [0.2, 0.25) is 5.91 Å². The number of rotatable bonds is 3. The molecule has 1 amide bonds. The summed E-state index contributed by atoms with van der Waals surface area (Å²) in [7, 11) is 1.90. The minimum absolute atomic E-state index is 0.158. The monoisotopic (exact) mass is 353 g/mol. The molecule has 3 rings (SSSR count). The molecule has 1 heterocycles. The number of imidazole rings is 1. The molecule has 0 unspecified atom stereocenters. The maximum absolute atomic E-state index is 12.1. The highest BCUT2D eigenvalue weighted by molar-refractivity contribution is 7.80. The number of hydrogen-bond donors (Lipinski definition) is 3. The van der Waals surface area contributed by atoms with Crippen LogP contribution in [-0.4, -0.2) is 20.6 Å². The van der Waals surface area contributed by atoms with E-state index in [0.29, 0.717) is 10.9 Å². The molecule has 3 aromatic rings. The Morgan fingerprint density at radius 2 is 1.84 bits per heavy atom. The van der Waals surface area contributed by atoms with E-state index in [0.717, 1.165) is 16.7 Å². The van der Waals surface area contributed by atoms with E-state index in [1.54, 1.807) is 0 Å². The summed E-state index contributed by atoms with van der Waals surface area (Å²) in [6.07, 6.45) is 0.158. The van der Waals surface area contributed by atoms with Crippen LogP contribution >= 0.6 is 12.2 Å². The summed E-state index contributed by atoms with van der Waals surface area (Å²) in [5, 5.41) is 3.33. The van der Waals surface area contributed by atoms with Crippen LogP contribution in [0, 0.1) is 6.92 Å². The fourth-order valence-corrected chi connectivity index (χ4v) is 2.64. The first-order chi connectivity index (χ1) is 12.0. The minimum atomic E-state index is -0.216. The molecule has 3 N–H and O–H groups in total. The van der Waals surface area contributed by atoms with Gasteiger partial charge in [-0.2, -0.15) is 0 Å². The van der Waals surface area contributed by atoms with Crippen LogP contribution in [0.25, 0.3) is 11.0 Å². The smallest absolute Gasteiger partial charge is 0.245 e. The van der Waals surface area contributed by atoms with Crippen LogP contribution in [0.2, 0.25) is 0 Å². The normalized spacial score (nSPS) is 10.5. The van der Waals surface area contributed by atoms with Crippen LogP contribution in [0.15, 0.2) is 48.5 Å². The van der Waals surface area contributed by atoms with E-state index in [1.807, 2.05) is 67.1 Å². The lowest BCUT2D eigenvalue weighted by Crippen LogP contribution is -2.44. The number of anilines is 1. The maximum Gasteiger partial charge on any atom is 0.245 e.